The Bertz CT molecular complexity index is 439. The summed E-state index contributed by atoms with van der Waals surface area (Å²) in [5.41, 5.74) is 1.55. The fourth-order valence-corrected chi connectivity index (χ4v) is 2.22. The van der Waals surface area contributed by atoms with Crippen LogP contribution in [0.15, 0.2) is 24.3 Å². The third-order valence-electron chi connectivity index (χ3n) is 2.90. The number of anilines is 1. The van der Waals surface area contributed by atoms with E-state index >= 15 is 0 Å². The first kappa shape index (κ1) is 12.3. The Morgan fingerprint density at radius 2 is 2.00 bits per heavy atom. The van der Waals surface area contributed by atoms with E-state index < -0.39 is 0 Å². The lowest BCUT2D eigenvalue weighted by atomic mass is 10.1. The lowest BCUT2D eigenvalue weighted by Gasteiger charge is -2.15. The van der Waals surface area contributed by atoms with Crippen molar-refractivity contribution in [3.63, 3.8) is 0 Å². The van der Waals surface area contributed by atoms with Crippen LogP contribution < -0.4 is 4.90 Å². The highest BCUT2D eigenvalue weighted by Crippen LogP contribution is 2.22. The van der Waals surface area contributed by atoms with Gasteiger partial charge in [0.25, 0.3) is 0 Å². The molecule has 17 heavy (non-hydrogen) atoms. The zero-order valence-electron chi connectivity index (χ0n) is 9.65. The molecule has 1 aromatic carbocycles. The maximum atomic E-state index is 11.7. The van der Waals surface area contributed by atoms with Gasteiger partial charge in [0.1, 0.15) is 0 Å². The minimum Gasteiger partial charge on any atom is -0.312 e. The molecule has 1 atom stereocenters. The number of carbonyl (C=O) groups excluding carboxylic acids is 2. The van der Waals surface area contributed by atoms with Crippen molar-refractivity contribution in [2.45, 2.75) is 24.6 Å². The summed E-state index contributed by atoms with van der Waals surface area (Å²) in [7, 11) is 0. The van der Waals surface area contributed by atoms with Gasteiger partial charge in [-0.1, -0.05) is 15.9 Å². The molecule has 0 saturated carbocycles. The van der Waals surface area contributed by atoms with Crippen LogP contribution >= 0.6 is 15.9 Å². The first-order chi connectivity index (χ1) is 8.09. The Labute approximate surface area is 109 Å². The van der Waals surface area contributed by atoms with E-state index in [9.17, 15) is 9.59 Å². The minimum absolute atomic E-state index is 0.0595. The number of halogens is 1. The van der Waals surface area contributed by atoms with Gasteiger partial charge in [-0.25, -0.2) is 0 Å². The van der Waals surface area contributed by atoms with Gasteiger partial charge in [-0.15, -0.1) is 0 Å². The lowest BCUT2D eigenvalue weighted by molar-refractivity contribution is -0.117. The summed E-state index contributed by atoms with van der Waals surface area (Å²) in [5.74, 6) is 0.224. The van der Waals surface area contributed by atoms with Gasteiger partial charge in [-0.05, 0) is 37.6 Å². The number of benzene rings is 1. The second-order valence-corrected chi connectivity index (χ2v) is 5.55. The van der Waals surface area contributed by atoms with E-state index in [-0.39, 0.29) is 16.5 Å². The van der Waals surface area contributed by atoms with Crippen molar-refractivity contribution in [2.75, 3.05) is 11.4 Å². The molecule has 4 heteroatoms. The predicted octanol–water partition coefficient (Wildman–Crippen LogP) is 2.78. The topological polar surface area (TPSA) is 37.4 Å². The second kappa shape index (κ2) is 5.00. The number of hydrogen-bond acceptors (Lipinski definition) is 2. The molecule has 1 aromatic rings. The van der Waals surface area contributed by atoms with Gasteiger partial charge < -0.3 is 4.90 Å². The first-order valence-corrected chi connectivity index (χ1v) is 6.60. The van der Waals surface area contributed by atoms with Crippen LogP contribution in [0.5, 0.6) is 0 Å². The zero-order chi connectivity index (χ0) is 12.4. The van der Waals surface area contributed by atoms with E-state index in [1.807, 2.05) is 12.1 Å². The van der Waals surface area contributed by atoms with Crippen LogP contribution in [0.3, 0.4) is 0 Å². The number of amides is 1. The molecule has 1 fully saturated rings. The van der Waals surface area contributed by atoms with Crippen LogP contribution in [0.4, 0.5) is 5.69 Å². The van der Waals surface area contributed by atoms with Crippen LogP contribution in [0.2, 0.25) is 0 Å². The van der Waals surface area contributed by atoms with Gasteiger partial charge in [0.15, 0.2) is 5.78 Å². The van der Waals surface area contributed by atoms with Crippen molar-refractivity contribution in [2.24, 2.45) is 0 Å². The fourth-order valence-electron chi connectivity index (χ4n) is 1.96. The Hall–Kier alpha value is -1.16. The highest BCUT2D eigenvalue weighted by atomic mass is 79.9. The molecule has 0 aliphatic carbocycles. The third-order valence-corrected chi connectivity index (χ3v) is 3.31. The molecule has 90 valence electrons. The van der Waals surface area contributed by atoms with Crippen LogP contribution in [-0.2, 0) is 4.79 Å². The minimum atomic E-state index is -0.179. The molecule has 1 saturated heterocycles. The molecule has 1 heterocycles. The Kier molecular flexibility index (Phi) is 3.62. The number of nitrogens with zero attached hydrogens (tertiary/aromatic N) is 1. The number of hydrogen-bond donors (Lipinski definition) is 0. The van der Waals surface area contributed by atoms with Gasteiger partial charge in [-0.2, -0.15) is 0 Å². The van der Waals surface area contributed by atoms with Crippen molar-refractivity contribution >= 4 is 33.3 Å². The molecule has 2 rings (SSSR count). The van der Waals surface area contributed by atoms with Crippen LogP contribution in [0.1, 0.15) is 30.1 Å². The Morgan fingerprint density at radius 3 is 2.47 bits per heavy atom. The summed E-state index contributed by atoms with van der Waals surface area (Å²) in [4.78, 5) is 24.9. The fraction of sp³-hybridized carbons (Fsp3) is 0.385. The quantitative estimate of drug-likeness (QED) is 0.635. The summed E-state index contributed by atoms with van der Waals surface area (Å²) in [6.45, 7) is 2.58. The van der Waals surface area contributed by atoms with Crippen molar-refractivity contribution in [1.82, 2.24) is 0 Å². The van der Waals surface area contributed by atoms with Gasteiger partial charge in [0.05, 0.1) is 4.83 Å². The predicted molar refractivity (Wildman–Crippen MR) is 70.7 cm³/mol. The summed E-state index contributed by atoms with van der Waals surface area (Å²) in [5, 5.41) is 0. The number of ketones is 1. The smallest absolute Gasteiger partial charge is 0.227 e. The molecule has 3 nitrogen and oxygen atoms in total. The third kappa shape index (κ3) is 2.57. The van der Waals surface area contributed by atoms with Crippen LogP contribution in [0.25, 0.3) is 0 Å². The molecule has 0 spiro atoms. The molecule has 0 N–H and O–H groups in total. The van der Waals surface area contributed by atoms with Crippen LogP contribution in [-0.4, -0.2) is 23.1 Å². The summed E-state index contributed by atoms with van der Waals surface area (Å²) < 4.78 is 0. The van der Waals surface area contributed by atoms with E-state index in [0.29, 0.717) is 12.0 Å². The first-order valence-electron chi connectivity index (χ1n) is 5.68. The van der Waals surface area contributed by atoms with Crippen molar-refractivity contribution in [3.05, 3.63) is 29.8 Å². The van der Waals surface area contributed by atoms with E-state index in [0.717, 1.165) is 18.7 Å². The van der Waals surface area contributed by atoms with Gasteiger partial charge in [-0.3, -0.25) is 9.59 Å². The molecular weight excluding hydrogens is 282 g/mol. The van der Waals surface area contributed by atoms with E-state index in [2.05, 4.69) is 15.9 Å². The van der Waals surface area contributed by atoms with Crippen molar-refractivity contribution < 1.29 is 9.59 Å². The molecule has 1 aliphatic heterocycles. The van der Waals surface area contributed by atoms with Crippen molar-refractivity contribution in [1.29, 1.82) is 0 Å². The highest BCUT2D eigenvalue weighted by molar-refractivity contribution is 9.10. The maximum absolute atomic E-state index is 11.7. The zero-order valence-corrected chi connectivity index (χ0v) is 11.2. The second-order valence-electron chi connectivity index (χ2n) is 4.18. The maximum Gasteiger partial charge on any atom is 0.227 e. The molecule has 1 amide bonds. The number of rotatable bonds is 3. The molecule has 1 unspecified atom stereocenters. The average molecular weight is 296 g/mol. The molecule has 0 radical (unpaired) electrons. The largest absolute Gasteiger partial charge is 0.312 e. The normalized spacial score (nSPS) is 17.3. The molecular formula is C13H14BrNO2. The highest BCUT2D eigenvalue weighted by Gasteiger charge is 2.21. The summed E-state index contributed by atoms with van der Waals surface area (Å²) >= 11 is 3.26. The number of Topliss-reactive ketones (excluding diaryl/α,β-unsaturated/α-hetero) is 1. The number of carbonyl (C=O) groups is 2. The number of alkyl halides is 1. The van der Waals surface area contributed by atoms with E-state index in [1.165, 1.54) is 0 Å². The Morgan fingerprint density at radius 1 is 1.35 bits per heavy atom. The van der Waals surface area contributed by atoms with Gasteiger partial charge in [0.2, 0.25) is 5.91 Å². The average Bonchev–Trinajstić information content (AvgIpc) is 2.74. The SMILES string of the molecule is CC(Br)C(=O)c1ccc(N2CCCC2=O)cc1. The van der Waals surface area contributed by atoms with E-state index in [4.69, 9.17) is 0 Å². The molecule has 0 bridgehead atoms. The molecule has 1 aliphatic rings. The van der Waals surface area contributed by atoms with E-state index in [1.54, 1.807) is 24.0 Å². The lowest BCUT2D eigenvalue weighted by Crippen LogP contribution is -2.23. The van der Waals surface area contributed by atoms with Gasteiger partial charge >= 0.3 is 0 Å². The standard InChI is InChI=1S/C13H14BrNO2/c1-9(14)13(17)10-4-6-11(7-5-10)15-8-2-3-12(15)16/h4-7,9H,2-3,8H2,1H3. The summed E-state index contributed by atoms with van der Waals surface area (Å²) in [6, 6.07) is 7.24. The Balaban J connectivity index is 2.18. The van der Waals surface area contributed by atoms with Crippen LogP contribution in [0, 0.1) is 0 Å². The molecule has 0 aromatic heterocycles. The summed E-state index contributed by atoms with van der Waals surface area (Å²) in [6.07, 6.45) is 1.54. The van der Waals surface area contributed by atoms with Gasteiger partial charge in [0, 0.05) is 24.2 Å². The monoisotopic (exact) mass is 295 g/mol. The van der Waals surface area contributed by atoms with Crippen molar-refractivity contribution in [3.8, 4) is 0 Å².